The third kappa shape index (κ3) is 6.13. The number of hydrogen-bond donors (Lipinski definition) is 1. The fourth-order valence-corrected chi connectivity index (χ4v) is 3.43. The lowest BCUT2D eigenvalue weighted by molar-refractivity contribution is -0.142. The zero-order valence-corrected chi connectivity index (χ0v) is 19.5. The maximum atomic E-state index is 13.1. The second-order valence-corrected chi connectivity index (χ2v) is 8.15. The first-order valence-electron chi connectivity index (χ1n) is 9.85. The van der Waals surface area contributed by atoms with Gasteiger partial charge in [0, 0.05) is 13.1 Å². The largest absolute Gasteiger partial charge is 0.483 e. The van der Waals surface area contributed by atoms with Crippen molar-refractivity contribution >= 4 is 35.0 Å². The van der Waals surface area contributed by atoms with Gasteiger partial charge in [-0.05, 0) is 75.1 Å². The van der Waals surface area contributed by atoms with Gasteiger partial charge >= 0.3 is 0 Å². The van der Waals surface area contributed by atoms with Crippen LogP contribution in [0.5, 0.6) is 5.75 Å². The van der Waals surface area contributed by atoms with Crippen molar-refractivity contribution in [2.45, 2.75) is 47.2 Å². The molecule has 0 aliphatic rings. The number of rotatable bonds is 8. The van der Waals surface area contributed by atoms with Gasteiger partial charge in [0.2, 0.25) is 5.91 Å². The number of nitrogens with zero attached hydrogens (tertiary/aromatic N) is 1. The molecular formula is C23H28Cl2N2O3. The summed E-state index contributed by atoms with van der Waals surface area (Å²) in [5.74, 6) is 0.146. The smallest absolute Gasteiger partial charge is 0.261 e. The molecule has 30 heavy (non-hydrogen) atoms. The Kier molecular flexibility index (Phi) is 8.56. The number of halogens is 2. The zero-order chi connectivity index (χ0) is 22.4. The van der Waals surface area contributed by atoms with E-state index in [-0.39, 0.29) is 25.0 Å². The van der Waals surface area contributed by atoms with Gasteiger partial charge in [0.15, 0.2) is 6.61 Å². The highest BCUT2D eigenvalue weighted by atomic mass is 35.5. The maximum Gasteiger partial charge on any atom is 0.261 e. The minimum absolute atomic E-state index is 0.172. The molecule has 2 aromatic carbocycles. The first kappa shape index (κ1) is 24.0. The SMILES string of the molecule is CCNC(=O)[C@@H](C)N(Cc1ccc(Cl)c(Cl)c1)C(=O)COc1cc(C)cc(C)c1C. The minimum Gasteiger partial charge on any atom is -0.483 e. The minimum atomic E-state index is -0.671. The molecule has 0 heterocycles. The maximum absolute atomic E-state index is 13.1. The fraction of sp³-hybridized carbons (Fsp3) is 0.391. The number of benzene rings is 2. The summed E-state index contributed by atoms with van der Waals surface area (Å²) in [6.07, 6.45) is 0. The van der Waals surface area contributed by atoms with Gasteiger partial charge in [-0.15, -0.1) is 0 Å². The number of carbonyl (C=O) groups is 2. The Bertz CT molecular complexity index is 931. The molecule has 7 heteroatoms. The van der Waals surface area contributed by atoms with Crippen LogP contribution in [0, 0.1) is 20.8 Å². The molecule has 0 aliphatic carbocycles. The number of ether oxygens (including phenoxy) is 1. The molecule has 0 fully saturated rings. The predicted octanol–water partition coefficient (Wildman–Crippen LogP) is 4.85. The number of likely N-dealkylation sites (N-methyl/N-ethyl adjacent to an activating group) is 1. The highest BCUT2D eigenvalue weighted by molar-refractivity contribution is 6.42. The van der Waals surface area contributed by atoms with E-state index in [2.05, 4.69) is 11.4 Å². The molecule has 162 valence electrons. The fourth-order valence-electron chi connectivity index (χ4n) is 3.11. The van der Waals surface area contributed by atoms with E-state index in [1.807, 2.05) is 33.8 Å². The van der Waals surface area contributed by atoms with Crippen molar-refractivity contribution in [2.24, 2.45) is 0 Å². The zero-order valence-electron chi connectivity index (χ0n) is 18.0. The second kappa shape index (κ2) is 10.7. The van der Waals surface area contributed by atoms with Crippen molar-refractivity contribution in [1.82, 2.24) is 10.2 Å². The topological polar surface area (TPSA) is 58.6 Å². The molecule has 0 saturated heterocycles. The van der Waals surface area contributed by atoms with Crippen LogP contribution in [-0.4, -0.2) is 35.9 Å². The van der Waals surface area contributed by atoms with Gasteiger partial charge < -0.3 is 15.0 Å². The van der Waals surface area contributed by atoms with Crippen LogP contribution in [0.4, 0.5) is 0 Å². The summed E-state index contributed by atoms with van der Waals surface area (Å²) in [5.41, 5.74) is 3.92. The van der Waals surface area contributed by atoms with E-state index in [9.17, 15) is 9.59 Å². The van der Waals surface area contributed by atoms with Crippen molar-refractivity contribution in [2.75, 3.05) is 13.2 Å². The quantitative estimate of drug-likeness (QED) is 0.624. The summed E-state index contributed by atoms with van der Waals surface area (Å²) in [5, 5.41) is 3.60. The predicted molar refractivity (Wildman–Crippen MR) is 121 cm³/mol. The highest BCUT2D eigenvalue weighted by Gasteiger charge is 2.26. The number of amides is 2. The molecule has 0 unspecified atom stereocenters. The summed E-state index contributed by atoms with van der Waals surface area (Å²) in [4.78, 5) is 27.0. The average molecular weight is 451 g/mol. The Labute approximate surface area is 188 Å². The Morgan fingerprint density at radius 3 is 2.43 bits per heavy atom. The lowest BCUT2D eigenvalue weighted by atomic mass is 10.1. The number of nitrogens with one attached hydrogen (secondary N) is 1. The van der Waals surface area contributed by atoms with Gasteiger partial charge in [-0.25, -0.2) is 0 Å². The summed E-state index contributed by atoms with van der Waals surface area (Å²) in [6, 6.07) is 8.46. The molecule has 2 rings (SSSR count). The van der Waals surface area contributed by atoms with E-state index in [0.717, 1.165) is 22.3 Å². The van der Waals surface area contributed by atoms with Crippen molar-refractivity contribution in [3.63, 3.8) is 0 Å². The van der Waals surface area contributed by atoms with Crippen molar-refractivity contribution in [3.8, 4) is 5.75 Å². The molecule has 0 spiro atoms. The van der Waals surface area contributed by atoms with Crippen molar-refractivity contribution in [3.05, 3.63) is 62.6 Å². The molecular weight excluding hydrogens is 423 g/mol. The van der Waals surface area contributed by atoms with Crippen molar-refractivity contribution < 1.29 is 14.3 Å². The molecule has 0 bridgehead atoms. The van der Waals surface area contributed by atoms with Crippen LogP contribution < -0.4 is 10.1 Å². The average Bonchev–Trinajstić information content (AvgIpc) is 2.69. The van der Waals surface area contributed by atoms with E-state index in [1.165, 1.54) is 4.90 Å². The van der Waals surface area contributed by atoms with E-state index in [1.54, 1.807) is 25.1 Å². The Balaban J connectivity index is 2.23. The molecule has 2 aromatic rings. The van der Waals surface area contributed by atoms with Crippen LogP contribution in [0.15, 0.2) is 30.3 Å². The first-order valence-corrected chi connectivity index (χ1v) is 10.6. The Hall–Kier alpha value is -2.24. The molecule has 1 N–H and O–H groups in total. The van der Waals surface area contributed by atoms with Crippen LogP contribution in [-0.2, 0) is 16.1 Å². The number of hydrogen-bond acceptors (Lipinski definition) is 3. The van der Waals surface area contributed by atoms with E-state index in [0.29, 0.717) is 22.3 Å². The van der Waals surface area contributed by atoms with Crippen LogP contribution in [0.2, 0.25) is 10.0 Å². The van der Waals surface area contributed by atoms with Gasteiger partial charge in [0.1, 0.15) is 11.8 Å². The standard InChI is InChI=1S/C23H28Cl2N2O3/c1-6-26-23(29)17(5)27(12-18-7-8-19(24)20(25)11-18)22(28)13-30-21-10-14(2)9-15(3)16(21)4/h7-11,17H,6,12-13H2,1-5H3,(H,26,29)/t17-/m1/s1. The molecule has 0 saturated carbocycles. The molecule has 0 aliphatic heterocycles. The number of carbonyl (C=O) groups excluding carboxylic acids is 2. The van der Waals surface area contributed by atoms with Gasteiger partial charge in [-0.2, -0.15) is 0 Å². The van der Waals surface area contributed by atoms with Gasteiger partial charge in [-0.1, -0.05) is 35.3 Å². The summed E-state index contributed by atoms with van der Waals surface area (Å²) in [7, 11) is 0. The highest BCUT2D eigenvalue weighted by Crippen LogP contribution is 2.25. The third-order valence-electron chi connectivity index (χ3n) is 4.97. The van der Waals surface area contributed by atoms with Gasteiger partial charge in [0.05, 0.1) is 10.0 Å². The molecule has 0 radical (unpaired) electrons. The van der Waals surface area contributed by atoms with Crippen LogP contribution in [0.1, 0.15) is 36.1 Å². The molecule has 2 amide bonds. The van der Waals surface area contributed by atoms with Crippen molar-refractivity contribution in [1.29, 1.82) is 0 Å². The summed E-state index contributed by atoms with van der Waals surface area (Å²) < 4.78 is 5.84. The van der Waals surface area contributed by atoms with E-state index >= 15 is 0 Å². The van der Waals surface area contributed by atoms with Crippen LogP contribution in [0.25, 0.3) is 0 Å². The summed E-state index contributed by atoms with van der Waals surface area (Å²) >= 11 is 12.1. The van der Waals surface area contributed by atoms with E-state index < -0.39 is 6.04 Å². The van der Waals surface area contributed by atoms with Gasteiger partial charge in [-0.3, -0.25) is 9.59 Å². The second-order valence-electron chi connectivity index (χ2n) is 7.33. The van der Waals surface area contributed by atoms with Gasteiger partial charge in [0.25, 0.3) is 5.91 Å². The van der Waals surface area contributed by atoms with Crippen LogP contribution >= 0.6 is 23.2 Å². The molecule has 0 aromatic heterocycles. The normalized spacial score (nSPS) is 11.7. The first-order chi connectivity index (χ1) is 14.1. The molecule has 1 atom stereocenters. The lowest BCUT2D eigenvalue weighted by Gasteiger charge is -2.29. The Morgan fingerprint density at radius 1 is 1.10 bits per heavy atom. The monoisotopic (exact) mass is 450 g/mol. The summed E-state index contributed by atoms with van der Waals surface area (Å²) in [6.45, 7) is 10.00. The van der Waals surface area contributed by atoms with E-state index in [4.69, 9.17) is 27.9 Å². The molecule has 5 nitrogen and oxygen atoms in total. The Morgan fingerprint density at radius 2 is 1.80 bits per heavy atom. The van der Waals surface area contributed by atoms with Crippen LogP contribution in [0.3, 0.4) is 0 Å². The third-order valence-corrected chi connectivity index (χ3v) is 5.71. The number of aryl methyl sites for hydroxylation is 2. The lowest BCUT2D eigenvalue weighted by Crippen LogP contribution is -2.49.